The second kappa shape index (κ2) is 4.29. The van der Waals surface area contributed by atoms with E-state index in [9.17, 15) is 4.79 Å². The first-order valence-corrected chi connectivity index (χ1v) is 5.26. The largest absolute Gasteiger partial charge is 0.291 e. The molecule has 0 aliphatic heterocycles. The van der Waals surface area contributed by atoms with Crippen LogP contribution in [0.15, 0.2) is 45.9 Å². The number of rotatable bonds is 1. The van der Waals surface area contributed by atoms with Crippen molar-refractivity contribution in [1.82, 2.24) is 9.55 Å². The molecule has 0 unspecified atom stereocenters. The van der Waals surface area contributed by atoms with Crippen molar-refractivity contribution in [2.24, 2.45) is 0 Å². The van der Waals surface area contributed by atoms with Crippen molar-refractivity contribution in [1.29, 1.82) is 5.26 Å². The molecule has 0 N–H and O–H groups in total. The van der Waals surface area contributed by atoms with Gasteiger partial charge in [0, 0.05) is 16.9 Å². The number of hydrogen-bond acceptors (Lipinski definition) is 3. The summed E-state index contributed by atoms with van der Waals surface area (Å²) in [6, 6.07) is 9.05. The van der Waals surface area contributed by atoms with Gasteiger partial charge >= 0.3 is 0 Å². The van der Waals surface area contributed by atoms with Gasteiger partial charge in [-0.2, -0.15) is 5.26 Å². The summed E-state index contributed by atoms with van der Waals surface area (Å²) < 4.78 is 2.17. The predicted octanol–water partition coefficient (Wildman–Crippen LogP) is 1.87. The van der Waals surface area contributed by atoms with Gasteiger partial charge < -0.3 is 0 Å². The van der Waals surface area contributed by atoms with Gasteiger partial charge in [0.2, 0.25) is 5.69 Å². The molecule has 0 saturated heterocycles. The van der Waals surface area contributed by atoms with Gasteiger partial charge in [-0.05, 0) is 28.1 Å². The summed E-state index contributed by atoms with van der Waals surface area (Å²) in [5, 5.41) is 8.72. The Morgan fingerprint density at radius 2 is 2.12 bits per heavy atom. The maximum Gasteiger partial charge on any atom is 0.291 e. The summed E-state index contributed by atoms with van der Waals surface area (Å²) in [6.45, 7) is 0. The third-order valence-corrected chi connectivity index (χ3v) is 2.73. The maximum atomic E-state index is 11.8. The molecule has 0 bridgehead atoms. The highest BCUT2D eigenvalue weighted by Gasteiger charge is 2.07. The SMILES string of the molecule is N#Cc1nccn(-c2ccccc2Br)c1=O. The Bertz CT molecular complexity index is 628. The number of aromatic nitrogens is 2. The first kappa shape index (κ1) is 10.6. The van der Waals surface area contributed by atoms with Gasteiger partial charge in [-0.1, -0.05) is 12.1 Å². The molecular weight excluding hydrogens is 270 g/mol. The highest BCUT2D eigenvalue weighted by Crippen LogP contribution is 2.18. The Hall–Kier alpha value is -1.93. The molecule has 0 radical (unpaired) electrons. The van der Waals surface area contributed by atoms with E-state index in [-0.39, 0.29) is 5.69 Å². The summed E-state index contributed by atoms with van der Waals surface area (Å²) in [6.07, 6.45) is 2.96. The van der Waals surface area contributed by atoms with Crippen LogP contribution in [-0.2, 0) is 0 Å². The van der Waals surface area contributed by atoms with E-state index >= 15 is 0 Å². The normalized spacial score (nSPS) is 9.75. The van der Waals surface area contributed by atoms with Crippen molar-refractivity contribution in [2.75, 3.05) is 0 Å². The Balaban J connectivity index is 2.72. The van der Waals surface area contributed by atoms with Gasteiger partial charge in [-0.3, -0.25) is 9.36 Å². The number of benzene rings is 1. The predicted molar refractivity (Wildman–Crippen MR) is 62.2 cm³/mol. The molecule has 0 atom stereocenters. The second-order valence-electron chi connectivity index (χ2n) is 3.01. The van der Waals surface area contributed by atoms with E-state index in [0.29, 0.717) is 5.69 Å². The average molecular weight is 276 g/mol. The molecule has 0 saturated carbocycles. The monoisotopic (exact) mass is 275 g/mol. The number of para-hydroxylation sites is 1. The van der Waals surface area contributed by atoms with Crippen LogP contribution < -0.4 is 5.56 Å². The third kappa shape index (κ3) is 1.75. The van der Waals surface area contributed by atoms with E-state index in [4.69, 9.17) is 5.26 Å². The van der Waals surface area contributed by atoms with Crippen LogP contribution in [0.1, 0.15) is 5.69 Å². The lowest BCUT2D eigenvalue weighted by atomic mass is 10.3. The first-order valence-electron chi connectivity index (χ1n) is 4.46. The Labute approximate surface area is 99.9 Å². The fraction of sp³-hybridized carbons (Fsp3) is 0. The van der Waals surface area contributed by atoms with Crippen molar-refractivity contribution in [3.8, 4) is 11.8 Å². The van der Waals surface area contributed by atoms with Gasteiger partial charge in [0.05, 0.1) is 5.69 Å². The van der Waals surface area contributed by atoms with Crippen LogP contribution in [0.5, 0.6) is 0 Å². The summed E-state index contributed by atoms with van der Waals surface area (Å²) in [5.41, 5.74) is 0.154. The average Bonchev–Trinajstić information content (AvgIpc) is 2.31. The molecule has 1 heterocycles. The smallest absolute Gasteiger partial charge is 0.279 e. The molecule has 78 valence electrons. The van der Waals surface area contributed by atoms with E-state index in [0.717, 1.165) is 4.47 Å². The van der Waals surface area contributed by atoms with Crippen LogP contribution in [-0.4, -0.2) is 9.55 Å². The van der Waals surface area contributed by atoms with Gasteiger partial charge in [-0.25, -0.2) is 4.98 Å². The highest BCUT2D eigenvalue weighted by atomic mass is 79.9. The van der Waals surface area contributed by atoms with Crippen LogP contribution in [0.25, 0.3) is 5.69 Å². The minimum absolute atomic E-state index is 0.113. The lowest BCUT2D eigenvalue weighted by Gasteiger charge is -2.06. The minimum Gasteiger partial charge on any atom is -0.279 e. The molecular formula is C11H6BrN3O. The van der Waals surface area contributed by atoms with E-state index in [1.165, 1.54) is 17.0 Å². The minimum atomic E-state index is -0.420. The second-order valence-corrected chi connectivity index (χ2v) is 3.87. The zero-order valence-electron chi connectivity index (χ0n) is 8.09. The van der Waals surface area contributed by atoms with Gasteiger partial charge in [0.15, 0.2) is 0 Å². The van der Waals surface area contributed by atoms with Crippen molar-refractivity contribution in [2.45, 2.75) is 0 Å². The van der Waals surface area contributed by atoms with Crippen LogP contribution in [0.2, 0.25) is 0 Å². The quantitative estimate of drug-likeness (QED) is 0.798. The lowest BCUT2D eigenvalue weighted by Crippen LogP contribution is -2.21. The van der Waals surface area contributed by atoms with Gasteiger partial charge in [0.25, 0.3) is 5.56 Å². The Morgan fingerprint density at radius 3 is 2.81 bits per heavy atom. The van der Waals surface area contributed by atoms with Crippen LogP contribution in [0.4, 0.5) is 0 Å². The van der Waals surface area contributed by atoms with Crippen molar-refractivity contribution in [3.63, 3.8) is 0 Å². The van der Waals surface area contributed by atoms with Gasteiger partial charge in [-0.15, -0.1) is 0 Å². The fourth-order valence-electron chi connectivity index (χ4n) is 1.33. The summed E-state index contributed by atoms with van der Waals surface area (Å²) in [7, 11) is 0. The zero-order valence-corrected chi connectivity index (χ0v) is 9.68. The fourth-order valence-corrected chi connectivity index (χ4v) is 1.80. The summed E-state index contributed by atoms with van der Waals surface area (Å²) >= 11 is 3.35. The molecule has 0 fully saturated rings. The molecule has 16 heavy (non-hydrogen) atoms. The molecule has 5 heteroatoms. The zero-order chi connectivity index (χ0) is 11.5. The van der Waals surface area contributed by atoms with Crippen molar-refractivity contribution < 1.29 is 0 Å². The molecule has 4 nitrogen and oxygen atoms in total. The molecule has 0 aliphatic carbocycles. The molecule has 2 rings (SSSR count). The number of hydrogen-bond donors (Lipinski definition) is 0. The molecule has 0 spiro atoms. The molecule has 1 aromatic heterocycles. The molecule has 2 aromatic rings. The Kier molecular flexibility index (Phi) is 2.84. The number of halogens is 1. The lowest BCUT2D eigenvalue weighted by molar-refractivity contribution is 0.938. The number of nitriles is 1. The van der Waals surface area contributed by atoms with Crippen molar-refractivity contribution in [3.05, 3.63) is 57.2 Å². The Morgan fingerprint density at radius 1 is 1.38 bits per heavy atom. The summed E-state index contributed by atoms with van der Waals surface area (Å²) in [4.78, 5) is 15.5. The first-order chi connectivity index (χ1) is 7.74. The van der Waals surface area contributed by atoms with Crippen LogP contribution in [0, 0.1) is 11.3 Å². The summed E-state index contributed by atoms with van der Waals surface area (Å²) in [5.74, 6) is 0. The standard InChI is InChI=1S/C11H6BrN3O/c12-8-3-1-2-4-10(8)15-6-5-14-9(7-13)11(15)16/h1-6H. The molecule has 0 amide bonds. The third-order valence-electron chi connectivity index (χ3n) is 2.06. The van der Waals surface area contributed by atoms with E-state index < -0.39 is 5.56 Å². The van der Waals surface area contributed by atoms with Gasteiger partial charge in [0.1, 0.15) is 6.07 Å². The van der Waals surface area contributed by atoms with E-state index in [1.807, 2.05) is 18.2 Å². The number of nitrogens with zero attached hydrogens (tertiary/aromatic N) is 3. The van der Waals surface area contributed by atoms with E-state index in [1.54, 1.807) is 12.1 Å². The van der Waals surface area contributed by atoms with Crippen LogP contribution in [0.3, 0.4) is 0 Å². The van der Waals surface area contributed by atoms with E-state index in [2.05, 4.69) is 20.9 Å². The molecule has 1 aromatic carbocycles. The highest BCUT2D eigenvalue weighted by molar-refractivity contribution is 9.10. The molecule has 0 aliphatic rings. The van der Waals surface area contributed by atoms with Crippen LogP contribution >= 0.6 is 15.9 Å². The maximum absolute atomic E-state index is 11.8. The van der Waals surface area contributed by atoms with Crippen molar-refractivity contribution >= 4 is 15.9 Å². The topological polar surface area (TPSA) is 58.7 Å².